The van der Waals surface area contributed by atoms with E-state index in [1.165, 1.54) is 16.8 Å². The Morgan fingerprint density at radius 3 is 2.61 bits per heavy atom. The highest BCUT2D eigenvalue weighted by Gasteiger charge is 2.43. The highest BCUT2D eigenvalue weighted by molar-refractivity contribution is 6.00. The molecule has 0 atom stereocenters. The fourth-order valence-electron chi connectivity index (χ4n) is 3.88. The first-order valence-corrected chi connectivity index (χ1v) is 9.35. The minimum Gasteiger partial charge on any atom is -0.486 e. The number of ether oxygens (including phenoxy) is 1. The van der Waals surface area contributed by atoms with E-state index in [1.807, 2.05) is 18.2 Å². The summed E-state index contributed by atoms with van der Waals surface area (Å²) in [6, 6.07) is 8.52. The molecule has 1 amide bonds. The van der Waals surface area contributed by atoms with E-state index in [0.29, 0.717) is 43.7 Å². The molecule has 0 radical (unpaired) electrons. The molecule has 0 saturated carbocycles. The van der Waals surface area contributed by atoms with Crippen LogP contribution in [-0.4, -0.2) is 44.8 Å². The molecule has 1 saturated heterocycles. The summed E-state index contributed by atoms with van der Waals surface area (Å²) >= 11 is 0. The van der Waals surface area contributed by atoms with Gasteiger partial charge in [0.15, 0.2) is 5.78 Å². The number of carbonyl (C=O) groups is 2. The number of nitrogens with zero attached hydrogens (tertiary/aromatic N) is 2. The van der Waals surface area contributed by atoms with Crippen LogP contribution >= 0.6 is 0 Å². The van der Waals surface area contributed by atoms with Crippen LogP contribution in [0, 0.1) is 0 Å². The van der Waals surface area contributed by atoms with Crippen LogP contribution in [0.25, 0.3) is 0 Å². The Bertz CT molecular complexity index is 1030. The first-order valence-electron chi connectivity index (χ1n) is 9.35. The summed E-state index contributed by atoms with van der Waals surface area (Å²) in [4.78, 5) is 51.7. The second-order valence-electron chi connectivity index (χ2n) is 7.32. The van der Waals surface area contributed by atoms with Crippen molar-refractivity contribution < 1.29 is 14.3 Å². The van der Waals surface area contributed by atoms with Gasteiger partial charge in [-0.2, -0.15) is 0 Å². The number of piperidine rings is 1. The Labute approximate surface area is 160 Å². The summed E-state index contributed by atoms with van der Waals surface area (Å²) in [5.74, 6) is 0.644. The third-order valence-corrected chi connectivity index (χ3v) is 5.49. The molecule has 28 heavy (non-hydrogen) atoms. The molecule has 1 aromatic carbocycles. The topological polar surface area (TPSA) is 101 Å². The summed E-state index contributed by atoms with van der Waals surface area (Å²) in [5, 5.41) is 0. The van der Waals surface area contributed by atoms with Gasteiger partial charge in [0.2, 0.25) is 5.91 Å². The monoisotopic (exact) mass is 383 g/mol. The number of nitrogens with one attached hydrogen (secondary N) is 1. The Morgan fingerprint density at radius 1 is 1.11 bits per heavy atom. The lowest BCUT2D eigenvalue weighted by atomic mass is 9.82. The number of aromatic nitrogens is 2. The van der Waals surface area contributed by atoms with Gasteiger partial charge in [0.25, 0.3) is 5.56 Å². The van der Waals surface area contributed by atoms with Crippen molar-refractivity contribution in [2.24, 2.45) is 0 Å². The summed E-state index contributed by atoms with van der Waals surface area (Å²) < 4.78 is 7.49. The minimum atomic E-state index is -0.544. The standard InChI is InChI=1S/C20H21N3O5/c24-15-13-20(28-16-4-2-1-3-14(15)16)7-11-22(12-8-20)18(26)6-10-23-9-5-17(25)21-19(23)27/h1-5,9H,6-8,10-13H2,(H,21,25,27). The number of rotatable bonds is 3. The van der Waals surface area contributed by atoms with Crippen LogP contribution in [0.1, 0.15) is 36.0 Å². The number of aryl methyl sites for hydroxylation is 1. The number of para-hydroxylation sites is 1. The van der Waals surface area contributed by atoms with E-state index in [0.717, 1.165) is 0 Å². The quantitative estimate of drug-likeness (QED) is 0.850. The van der Waals surface area contributed by atoms with E-state index in [4.69, 9.17) is 4.74 Å². The molecular weight excluding hydrogens is 362 g/mol. The summed E-state index contributed by atoms with van der Waals surface area (Å²) in [6.45, 7) is 1.22. The van der Waals surface area contributed by atoms with Gasteiger partial charge in [0.05, 0.1) is 12.0 Å². The number of likely N-dealkylation sites (tertiary alicyclic amines) is 1. The average Bonchev–Trinajstić information content (AvgIpc) is 2.67. The molecule has 0 unspecified atom stereocenters. The van der Waals surface area contributed by atoms with E-state index in [1.54, 1.807) is 11.0 Å². The molecule has 1 fully saturated rings. The number of H-pyrrole nitrogens is 1. The number of hydrogen-bond donors (Lipinski definition) is 1. The fraction of sp³-hybridized carbons (Fsp3) is 0.400. The number of benzene rings is 1. The van der Waals surface area contributed by atoms with Gasteiger partial charge in [0.1, 0.15) is 11.4 Å². The number of hydrogen-bond acceptors (Lipinski definition) is 5. The first kappa shape index (κ1) is 18.2. The maximum Gasteiger partial charge on any atom is 0.328 e. The molecule has 2 aliphatic rings. The average molecular weight is 383 g/mol. The van der Waals surface area contributed by atoms with Crippen molar-refractivity contribution in [3.05, 3.63) is 62.9 Å². The highest BCUT2D eigenvalue weighted by Crippen LogP contribution is 2.39. The van der Waals surface area contributed by atoms with Crippen LogP contribution in [0.5, 0.6) is 5.75 Å². The normalized spacial score (nSPS) is 17.9. The summed E-state index contributed by atoms with van der Waals surface area (Å²) in [7, 11) is 0. The third kappa shape index (κ3) is 3.49. The van der Waals surface area contributed by atoms with Crippen LogP contribution in [0.2, 0.25) is 0 Å². The predicted molar refractivity (Wildman–Crippen MR) is 101 cm³/mol. The van der Waals surface area contributed by atoms with Crippen molar-refractivity contribution in [2.45, 2.75) is 37.8 Å². The van der Waals surface area contributed by atoms with Gasteiger partial charge >= 0.3 is 5.69 Å². The van der Waals surface area contributed by atoms with Gasteiger partial charge in [0, 0.05) is 51.2 Å². The Hall–Kier alpha value is -3.16. The van der Waals surface area contributed by atoms with E-state index >= 15 is 0 Å². The van der Waals surface area contributed by atoms with Crippen molar-refractivity contribution >= 4 is 11.7 Å². The van der Waals surface area contributed by atoms with Crippen LogP contribution in [0.4, 0.5) is 0 Å². The zero-order valence-corrected chi connectivity index (χ0v) is 15.3. The SMILES string of the molecule is O=C1CC2(CCN(C(=O)CCn3ccc(=O)[nH]c3=O)CC2)Oc2ccccc21. The molecule has 0 aliphatic carbocycles. The van der Waals surface area contributed by atoms with Crippen molar-refractivity contribution in [2.75, 3.05) is 13.1 Å². The van der Waals surface area contributed by atoms with Crippen LogP contribution in [-0.2, 0) is 11.3 Å². The lowest BCUT2D eigenvalue weighted by Crippen LogP contribution is -2.52. The number of ketones is 1. The highest BCUT2D eigenvalue weighted by atomic mass is 16.5. The number of amides is 1. The van der Waals surface area contributed by atoms with E-state index in [2.05, 4.69) is 4.98 Å². The molecule has 2 aromatic rings. The van der Waals surface area contributed by atoms with Gasteiger partial charge in [-0.15, -0.1) is 0 Å². The predicted octanol–water partition coefficient (Wildman–Crippen LogP) is 0.953. The molecule has 1 N–H and O–H groups in total. The molecule has 1 spiro atoms. The number of carbonyl (C=O) groups excluding carboxylic acids is 2. The maximum atomic E-state index is 12.5. The molecular formula is C20H21N3O5. The van der Waals surface area contributed by atoms with Gasteiger partial charge in [-0.3, -0.25) is 19.4 Å². The summed E-state index contributed by atoms with van der Waals surface area (Å²) in [6.07, 6.45) is 3.08. The van der Waals surface area contributed by atoms with Crippen molar-refractivity contribution in [3.63, 3.8) is 0 Å². The van der Waals surface area contributed by atoms with E-state index in [-0.39, 0.29) is 24.7 Å². The van der Waals surface area contributed by atoms with E-state index in [9.17, 15) is 19.2 Å². The van der Waals surface area contributed by atoms with Gasteiger partial charge in [-0.05, 0) is 12.1 Å². The molecule has 0 bridgehead atoms. The summed E-state index contributed by atoms with van der Waals surface area (Å²) in [5.41, 5.74) is -0.904. The molecule has 2 aliphatic heterocycles. The third-order valence-electron chi connectivity index (χ3n) is 5.49. The van der Waals surface area contributed by atoms with Crippen molar-refractivity contribution in [1.82, 2.24) is 14.5 Å². The van der Waals surface area contributed by atoms with E-state index < -0.39 is 16.9 Å². The Balaban J connectivity index is 1.36. The molecule has 146 valence electrons. The lowest BCUT2D eigenvalue weighted by Gasteiger charge is -2.44. The fourth-order valence-corrected chi connectivity index (χ4v) is 3.88. The molecule has 3 heterocycles. The van der Waals surface area contributed by atoms with Crippen LogP contribution in [0.3, 0.4) is 0 Å². The largest absolute Gasteiger partial charge is 0.486 e. The van der Waals surface area contributed by atoms with Crippen molar-refractivity contribution in [3.8, 4) is 5.75 Å². The number of fused-ring (bicyclic) bond motifs is 1. The molecule has 4 rings (SSSR count). The van der Waals surface area contributed by atoms with Crippen LogP contribution in [0.15, 0.2) is 46.1 Å². The second kappa shape index (κ2) is 7.10. The number of Topliss-reactive ketones (excluding diaryl/α,β-unsaturated/α-hetero) is 1. The molecule has 8 nitrogen and oxygen atoms in total. The Kier molecular flexibility index (Phi) is 4.62. The van der Waals surface area contributed by atoms with Crippen molar-refractivity contribution in [1.29, 1.82) is 0 Å². The smallest absolute Gasteiger partial charge is 0.328 e. The Morgan fingerprint density at radius 2 is 1.86 bits per heavy atom. The molecule has 8 heteroatoms. The van der Waals surface area contributed by atoms with Crippen LogP contribution < -0.4 is 16.0 Å². The lowest BCUT2D eigenvalue weighted by molar-refractivity contribution is -0.135. The van der Waals surface area contributed by atoms with Gasteiger partial charge in [-0.1, -0.05) is 12.1 Å². The maximum absolute atomic E-state index is 12.5. The second-order valence-corrected chi connectivity index (χ2v) is 7.32. The molecule has 1 aromatic heterocycles. The number of aromatic amines is 1. The minimum absolute atomic E-state index is 0.0597. The van der Waals surface area contributed by atoms with Gasteiger partial charge in [-0.25, -0.2) is 4.79 Å². The zero-order valence-electron chi connectivity index (χ0n) is 15.3. The zero-order chi connectivity index (χ0) is 19.7. The first-order chi connectivity index (χ1) is 13.5. The van der Waals surface area contributed by atoms with Gasteiger partial charge < -0.3 is 14.2 Å².